The summed E-state index contributed by atoms with van der Waals surface area (Å²) in [6.07, 6.45) is 0.726. The average Bonchev–Trinajstić information content (AvgIpc) is 3.04. The number of benzene rings is 1. The van der Waals surface area contributed by atoms with Crippen LogP contribution in [-0.4, -0.2) is 40.8 Å². The van der Waals surface area contributed by atoms with Crippen LogP contribution in [-0.2, 0) is 16.0 Å². The lowest BCUT2D eigenvalue weighted by atomic mass is 10.1. The average molecular weight is 400 g/mol. The first kappa shape index (κ1) is 20.7. The molecule has 7 nitrogen and oxygen atoms in total. The summed E-state index contributed by atoms with van der Waals surface area (Å²) in [7, 11) is 1.57. The standard InChI is InChI=1S/C21H25FN4O3/c1-13-11-20-23-14(2)17(15(3)26(20)25-13)6-8-21(27)24-18-12-16(22)5-7-19(18)29-10-9-28-4/h5,7,11-12H,6,8-10H2,1-4H3,(H,24,27). The van der Waals surface area contributed by atoms with E-state index in [0.717, 1.165) is 28.3 Å². The molecule has 0 aliphatic heterocycles. The molecule has 2 aromatic heterocycles. The molecule has 1 amide bonds. The molecule has 0 spiro atoms. The second kappa shape index (κ2) is 9.00. The maximum absolute atomic E-state index is 13.6. The number of aromatic nitrogens is 3. The number of anilines is 1. The first-order chi connectivity index (χ1) is 13.9. The summed E-state index contributed by atoms with van der Waals surface area (Å²) < 4.78 is 25.9. The quantitative estimate of drug-likeness (QED) is 0.587. The first-order valence-corrected chi connectivity index (χ1v) is 9.42. The Morgan fingerprint density at radius 3 is 2.76 bits per heavy atom. The van der Waals surface area contributed by atoms with Crippen molar-refractivity contribution in [3.63, 3.8) is 0 Å². The largest absolute Gasteiger partial charge is 0.489 e. The Kier molecular flexibility index (Phi) is 6.43. The van der Waals surface area contributed by atoms with Crippen molar-refractivity contribution in [1.29, 1.82) is 0 Å². The van der Waals surface area contributed by atoms with Crippen LogP contribution in [0.2, 0.25) is 0 Å². The minimum atomic E-state index is -0.449. The van der Waals surface area contributed by atoms with Crippen molar-refractivity contribution in [2.75, 3.05) is 25.6 Å². The molecular formula is C21H25FN4O3. The smallest absolute Gasteiger partial charge is 0.224 e. The zero-order chi connectivity index (χ0) is 21.0. The van der Waals surface area contributed by atoms with Crippen molar-refractivity contribution < 1.29 is 18.7 Å². The highest BCUT2D eigenvalue weighted by Gasteiger charge is 2.14. The Balaban J connectivity index is 1.71. The van der Waals surface area contributed by atoms with E-state index < -0.39 is 5.82 Å². The molecule has 3 aromatic rings. The third-order valence-electron chi connectivity index (χ3n) is 4.65. The summed E-state index contributed by atoms with van der Waals surface area (Å²) in [4.78, 5) is 17.1. The van der Waals surface area contributed by atoms with E-state index in [1.807, 2.05) is 26.8 Å². The summed E-state index contributed by atoms with van der Waals surface area (Å²) in [6, 6.07) is 5.95. The van der Waals surface area contributed by atoms with E-state index in [1.165, 1.54) is 18.2 Å². The second-order valence-corrected chi connectivity index (χ2v) is 6.85. The van der Waals surface area contributed by atoms with E-state index in [-0.39, 0.29) is 12.3 Å². The first-order valence-electron chi connectivity index (χ1n) is 9.42. The van der Waals surface area contributed by atoms with Crippen molar-refractivity contribution in [3.05, 3.63) is 52.7 Å². The number of halogens is 1. The van der Waals surface area contributed by atoms with Gasteiger partial charge in [0, 0.05) is 37.1 Å². The van der Waals surface area contributed by atoms with Crippen LogP contribution in [0.4, 0.5) is 10.1 Å². The van der Waals surface area contributed by atoms with Crippen molar-refractivity contribution >= 4 is 17.2 Å². The van der Waals surface area contributed by atoms with E-state index in [9.17, 15) is 9.18 Å². The summed E-state index contributed by atoms with van der Waals surface area (Å²) >= 11 is 0. The van der Waals surface area contributed by atoms with Gasteiger partial charge in [-0.1, -0.05) is 0 Å². The Hall–Kier alpha value is -3.00. The van der Waals surface area contributed by atoms with Crippen molar-refractivity contribution in [3.8, 4) is 5.75 Å². The third-order valence-corrected chi connectivity index (χ3v) is 4.65. The molecule has 0 radical (unpaired) electrons. The Morgan fingerprint density at radius 1 is 1.21 bits per heavy atom. The van der Waals surface area contributed by atoms with Gasteiger partial charge in [-0.2, -0.15) is 5.10 Å². The molecule has 0 unspecified atom stereocenters. The lowest BCUT2D eigenvalue weighted by Crippen LogP contribution is -2.15. The van der Waals surface area contributed by atoms with Gasteiger partial charge in [0.25, 0.3) is 0 Å². The number of aryl methyl sites for hydroxylation is 3. The normalized spacial score (nSPS) is 11.1. The van der Waals surface area contributed by atoms with Crippen LogP contribution < -0.4 is 10.1 Å². The maximum Gasteiger partial charge on any atom is 0.224 e. The minimum absolute atomic E-state index is 0.225. The third kappa shape index (κ3) is 4.89. The molecule has 0 saturated carbocycles. The monoisotopic (exact) mass is 400 g/mol. The van der Waals surface area contributed by atoms with Gasteiger partial charge >= 0.3 is 0 Å². The van der Waals surface area contributed by atoms with Gasteiger partial charge in [-0.05, 0) is 44.9 Å². The van der Waals surface area contributed by atoms with Crippen molar-refractivity contribution in [2.24, 2.45) is 0 Å². The number of rotatable bonds is 8. The summed E-state index contributed by atoms with van der Waals surface area (Å²) in [5.41, 5.74) is 4.80. The molecular weight excluding hydrogens is 375 g/mol. The van der Waals surface area contributed by atoms with Gasteiger partial charge < -0.3 is 14.8 Å². The molecule has 0 bridgehead atoms. The second-order valence-electron chi connectivity index (χ2n) is 6.85. The van der Waals surface area contributed by atoms with Crippen LogP contribution in [0.15, 0.2) is 24.3 Å². The number of nitrogens with one attached hydrogen (secondary N) is 1. The molecule has 0 atom stereocenters. The number of fused-ring (bicyclic) bond motifs is 1. The molecule has 1 aromatic carbocycles. The lowest BCUT2D eigenvalue weighted by Gasteiger charge is -2.14. The van der Waals surface area contributed by atoms with E-state index in [1.54, 1.807) is 11.6 Å². The highest BCUT2D eigenvalue weighted by molar-refractivity contribution is 5.92. The summed E-state index contributed by atoms with van der Waals surface area (Å²) in [5.74, 6) is -0.281. The number of methoxy groups -OCH3 is 1. The number of nitrogens with zero attached hydrogens (tertiary/aromatic N) is 3. The topological polar surface area (TPSA) is 77.8 Å². The van der Waals surface area contributed by atoms with Crippen LogP contribution in [0.5, 0.6) is 5.75 Å². The fraction of sp³-hybridized carbons (Fsp3) is 0.381. The van der Waals surface area contributed by atoms with Gasteiger partial charge in [-0.3, -0.25) is 4.79 Å². The van der Waals surface area contributed by atoms with Gasteiger partial charge in [0.05, 0.1) is 18.0 Å². The van der Waals surface area contributed by atoms with Crippen LogP contribution in [0.25, 0.3) is 5.65 Å². The van der Waals surface area contributed by atoms with Gasteiger partial charge in [-0.15, -0.1) is 0 Å². The highest BCUT2D eigenvalue weighted by atomic mass is 19.1. The molecule has 8 heteroatoms. The number of carbonyl (C=O) groups excluding carboxylic acids is 1. The molecule has 3 rings (SSSR count). The van der Waals surface area contributed by atoms with Gasteiger partial charge in [-0.25, -0.2) is 13.9 Å². The Labute approximate surface area is 168 Å². The zero-order valence-corrected chi connectivity index (χ0v) is 17.1. The summed E-state index contributed by atoms with van der Waals surface area (Å²) in [6.45, 7) is 6.51. The molecule has 0 aliphatic carbocycles. The predicted molar refractivity (Wildman–Crippen MR) is 108 cm³/mol. The molecule has 0 saturated heterocycles. The van der Waals surface area contributed by atoms with Crippen LogP contribution in [0.3, 0.4) is 0 Å². The number of hydrogen-bond donors (Lipinski definition) is 1. The van der Waals surface area contributed by atoms with E-state index >= 15 is 0 Å². The SMILES string of the molecule is COCCOc1ccc(F)cc1NC(=O)CCc1c(C)nc2cc(C)nn2c1C. The van der Waals surface area contributed by atoms with E-state index in [0.29, 0.717) is 31.1 Å². The fourth-order valence-corrected chi connectivity index (χ4v) is 3.21. The number of hydrogen-bond acceptors (Lipinski definition) is 5. The lowest BCUT2D eigenvalue weighted by molar-refractivity contribution is -0.116. The fourth-order valence-electron chi connectivity index (χ4n) is 3.21. The Bertz CT molecular complexity index is 1030. The van der Waals surface area contributed by atoms with Gasteiger partial charge in [0.15, 0.2) is 5.65 Å². The predicted octanol–water partition coefficient (Wildman–Crippen LogP) is 3.39. The number of carbonyl (C=O) groups is 1. The van der Waals surface area contributed by atoms with E-state index in [4.69, 9.17) is 9.47 Å². The van der Waals surface area contributed by atoms with Crippen molar-refractivity contribution in [1.82, 2.24) is 14.6 Å². The molecule has 2 heterocycles. The van der Waals surface area contributed by atoms with Gasteiger partial charge in [0.1, 0.15) is 18.2 Å². The van der Waals surface area contributed by atoms with E-state index in [2.05, 4.69) is 15.4 Å². The Morgan fingerprint density at radius 2 is 2.00 bits per heavy atom. The van der Waals surface area contributed by atoms with Gasteiger partial charge in [0.2, 0.25) is 5.91 Å². The van der Waals surface area contributed by atoms with Crippen LogP contribution >= 0.6 is 0 Å². The van der Waals surface area contributed by atoms with Crippen LogP contribution in [0, 0.1) is 26.6 Å². The highest BCUT2D eigenvalue weighted by Crippen LogP contribution is 2.26. The zero-order valence-electron chi connectivity index (χ0n) is 17.1. The summed E-state index contributed by atoms with van der Waals surface area (Å²) in [5, 5.41) is 7.19. The molecule has 29 heavy (non-hydrogen) atoms. The minimum Gasteiger partial charge on any atom is -0.489 e. The van der Waals surface area contributed by atoms with Crippen molar-refractivity contribution in [2.45, 2.75) is 33.6 Å². The molecule has 1 N–H and O–H groups in total. The number of amides is 1. The molecule has 0 aliphatic rings. The molecule has 0 fully saturated rings. The molecule has 154 valence electrons. The van der Waals surface area contributed by atoms with Crippen LogP contribution in [0.1, 0.15) is 29.1 Å². The maximum atomic E-state index is 13.6. The number of ether oxygens (including phenoxy) is 2.